The van der Waals surface area contributed by atoms with Crippen LogP contribution in [0.4, 0.5) is 0 Å². The normalized spacial score (nSPS) is 13.6. The van der Waals surface area contributed by atoms with Gasteiger partial charge in [0.2, 0.25) is 0 Å². The molecule has 1 N–H and O–H groups in total. The summed E-state index contributed by atoms with van der Waals surface area (Å²) < 4.78 is 5.43. The van der Waals surface area contributed by atoms with Crippen LogP contribution in [0.25, 0.3) is 0 Å². The monoisotopic (exact) mass is 221 g/mol. The third kappa shape index (κ3) is 2.56. The Morgan fingerprint density at radius 2 is 1.94 bits per heavy atom. The first kappa shape index (κ1) is 13.0. The predicted octanol–water partition coefficient (Wildman–Crippen LogP) is 3.39. The SMILES string of the molecule is CCC(C)(C)C(NC)c1ccccc1OC. The van der Waals surface area contributed by atoms with Gasteiger partial charge in [-0.1, -0.05) is 39.0 Å². The smallest absolute Gasteiger partial charge is 0.123 e. The van der Waals surface area contributed by atoms with Gasteiger partial charge in [-0.2, -0.15) is 0 Å². The van der Waals surface area contributed by atoms with E-state index in [0.29, 0.717) is 6.04 Å². The summed E-state index contributed by atoms with van der Waals surface area (Å²) in [6.07, 6.45) is 1.12. The van der Waals surface area contributed by atoms with Crippen molar-refractivity contribution in [1.29, 1.82) is 0 Å². The molecule has 2 nitrogen and oxygen atoms in total. The van der Waals surface area contributed by atoms with Crippen molar-refractivity contribution in [2.45, 2.75) is 33.2 Å². The second-order valence-electron chi connectivity index (χ2n) is 4.81. The highest BCUT2D eigenvalue weighted by Gasteiger charge is 2.29. The molecule has 1 rings (SSSR count). The summed E-state index contributed by atoms with van der Waals surface area (Å²) in [5.41, 5.74) is 1.45. The fourth-order valence-corrected chi connectivity index (χ4v) is 2.08. The lowest BCUT2D eigenvalue weighted by molar-refractivity contribution is 0.239. The molecule has 0 amide bonds. The zero-order chi connectivity index (χ0) is 12.2. The number of hydrogen-bond donors (Lipinski definition) is 1. The minimum absolute atomic E-state index is 0.212. The third-order valence-corrected chi connectivity index (χ3v) is 3.43. The van der Waals surface area contributed by atoms with Gasteiger partial charge >= 0.3 is 0 Å². The van der Waals surface area contributed by atoms with Crippen LogP contribution in [-0.4, -0.2) is 14.2 Å². The molecule has 0 aromatic heterocycles. The Bertz CT molecular complexity index is 333. The first-order valence-electron chi connectivity index (χ1n) is 5.87. The van der Waals surface area contributed by atoms with E-state index in [1.165, 1.54) is 5.56 Å². The van der Waals surface area contributed by atoms with Crippen LogP contribution in [0.5, 0.6) is 5.75 Å². The van der Waals surface area contributed by atoms with E-state index in [2.05, 4.69) is 38.2 Å². The van der Waals surface area contributed by atoms with E-state index in [0.717, 1.165) is 12.2 Å². The molecular weight excluding hydrogens is 198 g/mol. The average Bonchev–Trinajstić information content (AvgIpc) is 2.30. The lowest BCUT2D eigenvalue weighted by Gasteiger charge is -2.34. The van der Waals surface area contributed by atoms with Gasteiger partial charge in [0, 0.05) is 11.6 Å². The van der Waals surface area contributed by atoms with E-state index >= 15 is 0 Å². The quantitative estimate of drug-likeness (QED) is 0.823. The van der Waals surface area contributed by atoms with Crippen molar-refractivity contribution in [2.75, 3.05) is 14.2 Å². The molecule has 90 valence electrons. The molecule has 1 atom stereocenters. The van der Waals surface area contributed by atoms with Crippen LogP contribution in [0, 0.1) is 5.41 Å². The summed E-state index contributed by atoms with van der Waals surface area (Å²) in [5.74, 6) is 0.961. The second-order valence-corrected chi connectivity index (χ2v) is 4.81. The van der Waals surface area contributed by atoms with Crippen molar-refractivity contribution in [3.05, 3.63) is 29.8 Å². The highest BCUT2D eigenvalue weighted by Crippen LogP contribution is 2.39. The Morgan fingerprint density at radius 3 is 2.44 bits per heavy atom. The molecule has 0 bridgehead atoms. The first-order chi connectivity index (χ1) is 7.56. The molecule has 1 unspecified atom stereocenters. The topological polar surface area (TPSA) is 21.3 Å². The van der Waals surface area contributed by atoms with Crippen LogP contribution in [0.3, 0.4) is 0 Å². The molecule has 0 heterocycles. The molecule has 0 spiro atoms. The van der Waals surface area contributed by atoms with Gasteiger partial charge in [0.05, 0.1) is 7.11 Å². The number of hydrogen-bond acceptors (Lipinski definition) is 2. The predicted molar refractivity (Wildman–Crippen MR) is 68.9 cm³/mol. The summed E-state index contributed by atoms with van der Waals surface area (Å²) in [6, 6.07) is 8.54. The maximum Gasteiger partial charge on any atom is 0.123 e. The van der Waals surface area contributed by atoms with Gasteiger partial charge < -0.3 is 10.1 Å². The second kappa shape index (κ2) is 5.35. The number of nitrogens with one attached hydrogen (secondary N) is 1. The zero-order valence-electron chi connectivity index (χ0n) is 11.0. The fraction of sp³-hybridized carbons (Fsp3) is 0.571. The van der Waals surface area contributed by atoms with Crippen LogP contribution in [0.1, 0.15) is 38.8 Å². The van der Waals surface area contributed by atoms with Crippen LogP contribution >= 0.6 is 0 Å². The van der Waals surface area contributed by atoms with E-state index in [1.54, 1.807) is 7.11 Å². The number of para-hydroxylation sites is 1. The summed E-state index contributed by atoms with van der Waals surface area (Å²) in [7, 11) is 3.74. The van der Waals surface area contributed by atoms with Gasteiger partial charge in [-0.05, 0) is 24.9 Å². The van der Waals surface area contributed by atoms with E-state index in [-0.39, 0.29) is 5.41 Å². The molecule has 16 heavy (non-hydrogen) atoms. The van der Waals surface area contributed by atoms with Crippen molar-refractivity contribution >= 4 is 0 Å². The van der Waals surface area contributed by atoms with Crippen LogP contribution in [0.2, 0.25) is 0 Å². The number of methoxy groups -OCH3 is 1. The highest BCUT2D eigenvalue weighted by molar-refractivity contribution is 5.36. The summed E-state index contributed by atoms with van der Waals surface area (Å²) in [5, 5.41) is 3.40. The number of rotatable bonds is 5. The standard InChI is InChI=1S/C14H23NO/c1-6-14(2,3)13(15-4)11-9-7-8-10-12(11)16-5/h7-10,13,15H,6H2,1-5H3. The molecule has 0 radical (unpaired) electrons. The molecule has 1 aromatic carbocycles. The molecule has 0 fully saturated rings. The molecular formula is C14H23NO. The van der Waals surface area contributed by atoms with Crippen LogP contribution in [0.15, 0.2) is 24.3 Å². The van der Waals surface area contributed by atoms with Crippen molar-refractivity contribution in [3.63, 3.8) is 0 Å². The van der Waals surface area contributed by atoms with Crippen LogP contribution < -0.4 is 10.1 Å². The lowest BCUT2D eigenvalue weighted by atomic mass is 9.78. The maximum atomic E-state index is 5.43. The summed E-state index contributed by atoms with van der Waals surface area (Å²) in [4.78, 5) is 0. The summed E-state index contributed by atoms with van der Waals surface area (Å²) in [6.45, 7) is 6.78. The molecule has 2 heteroatoms. The molecule has 0 aliphatic carbocycles. The number of benzene rings is 1. The van der Waals surface area contributed by atoms with Crippen molar-refractivity contribution in [1.82, 2.24) is 5.32 Å². The molecule has 0 aliphatic rings. The third-order valence-electron chi connectivity index (χ3n) is 3.43. The molecule has 1 aromatic rings. The van der Waals surface area contributed by atoms with Crippen molar-refractivity contribution in [3.8, 4) is 5.75 Å². The molecule has 0 saturated heterocycles. The Kier molecular flexibility index (Phi) is 4.36. The van der Waals surface area contributed by atoms with Gasteiger partial charge in [0.25, 0.3) is 0 Å². The van der Waals surface area contributed by atoms with E-state index in [9.17, 15) is 0 Å². The maximum absolute atomic E-state index is 5.43. The highest BCUT2D eigenvalue weighted by atomic mass is 16.5. The van der Waals surface area contributed by atoms with Crippen molar-refractivity contribution in [2.24, 2.45) is 5.41 Å². The van der Waals surface area contributed by atoms with Crippen molar-refractivity contribution < 1.29 is 4.74 Å². The Balaban J connectivity index is 3.13. The van der Waals surface area contributed by atoms with Gasteiger partial charge in [-0.3, -0.25) is 0 Å². The van der Waals surface area contributed by atoms with E-state index in [1.807, 2.05) is 19.2 Å². The van der Waals surface area contributed by atoms with Gasteiger partial charge in [0.15, 0.2) is 0 Å². The van der Waals surface area contributed by atoms with Crippen LogP contribution in [-0.2, 0) is 0 Å². The first-order valence-corrected chi connectivity index (χ1v) is 5.87. The zero-order valence-corrected chi connectivity index (χ0v) is 11.0. The minimum Gasteiger partial charge on any atom is -0.496 e. The lowest BCUT2D eigenvalue weighted by Crippen LogP contribution is -2.31. The van der Waals surface area contributed by atoms with E-state index in [4.69, 9.17) is 4.74 Å². The molecule has 0 saturated carbocycles. The van der Waals surface area contributed by atoms with Gasteiger partial charge in [-0.25, -0.2) is 0 Å². The fourth-order valence-electron chi connectivity index (χ4n) is 2.08. The largest absolute Gasteiger partial charge is 0.496 e. The Hall–Kier alpha value is -1.02. The number of ether oxygens (including phenoxy) is 1. The average molecular weight is 221 g/mol. The molecule has 0 aliphatic heterocycles. The Morgan fingerprint density at radius 1 is 1.31 bits per heavy atom. The van der Waals surface area contributed by atoms with Gasteiger partial charge in [0.1, 0.15) is 5.75 Å². The summed E-state index contributed by atoms with van der Waals surface area (Å²) >= 11 is 0. The van der Waals surface area contributed by atoms with E-state index < -0.39 is 0 Å². The Labute approximate surface area is 99.0 Å². The van der Waals surface area contributed by atoms with Gasteiger partial charge in [-0.15, -0.1) is 0 Å². The minimum atomic E-state index is 0.212.